The van der Waals surface area contributed by atoms with Gasteiger partial charge in [-0.05, 0) is 23.8 Å². The largest absolute Gasteiger partial charge is 0.492 e. The molecule has 0 saturated heterocycles. The van der Waals surface area contributed by atoms with Crippen LogP contribution in [-0.2, 0) is 16.4 Å². The molecule has 4 nitrogen and oxygen atoms in total. The standard InChI is InChI=1S/C16H19NO3S/c1-21(18,19)16-9-5-8-15(12-16)20-11-10-17-13-14-6-3-2-4-7-14/h2-9,12,17H,10-11,13H2,1H3. The molecule has 0 heterocycles. The maximum atomic E-state index is 11.5. The van der Waals surface area contributed by atoms with E-state index in [4.69, 9.17) is 4.74 Å². The van der Waals surface area contributed by atoms with Gasteiger partial charge in [-0.3, -0.25) is 0 Å². The van der Waals surface area contributed by atoms with Gasteiger partial charge in [0.1, 0.15) is 12.4 Å². The van der Waals surface area contributed by atoms with Crippen LogP contribution in [0.1, 0.15) is 5.56 Å². The molecule has 1 N–H and O–H groups in total. The molecule has 0 bridgehead atoms. The lowest BCUT2D eigenvalue weighted by molar-refractivity contribution is 0.313. The van der Waals surface area contributed by atoms with E-state index < -0.39 is 9.84 Å². The van der Waals surface area contributed by atoms with E-state index in [9.17, 15) is 8.42 Å². The summed E-state index contributed by atoms with van der Waals surface area (Å²) >= 11 is 0. The summed E-state index contributed by atoms with van der Waals surface area (Å²) in [5.74, 6) is 0.569. The molecule has 0 spiro atoms. The van der Waals surface area contributed by atoms with E-state index in [1.807, 2.05) is 18.2 Å². The summed E-state index contributed by atoms with van der Waals surface area (Å²) in [6.45, 7) is 1.96. The van der Waals surface area contributed by atoms with Gasteiger partial charge in [-0.15, -0.1) is 0 Å². The number of hydrogen-bond donors (Lipinski definition) is 1. The fourth-order valence-corrected chi connectivity index (χ4v) is 2.52. The van der Waals surface area contributed by atoms with E-state index in [0.717, 1.165) is 6.54 Å². The van der Waals surface area contributed by atoms with E-state index >= 15 is 0 Å². The Labute approximate surface area is 125 Å². The van der Waals surface area contributed by atoms with Crippen molar-refractivity contribution in [2.45, 2.75) is 11.4 Å². The van der Waals surface area contributed by atoms with Crippen molar-refractivity contribution in [3.63, 3.8) is 0 Å². The lowest BCUT2D eigenvalue weighted by Gasteiger charge is -2.08. The van der Waals surface area contributed by atoms with Gasteiger partial charge < -0.3 is 10.1 Å². The van der Waals surface area contributed by atoms with Gasteiger partial charge in [0.25, 0.3) is 0 Å². The van der Waals surface area contributed by atoms with Gasteiger partial charge in [0.2, 0.25) is 0 Å². The Kier molecular flexibility index (Phi) is 5.36. The Morgan fingerprint density at radius 1 is 1.05 bits per heavy atom. The van der Waals surface area contributed by atoms with Crippen LogP contribution in [0.5, 0.6) is 5.75 Å². The summed E-state index contributed by atoms with van der Waals surface area (Å²) in [5.41, 5.74) is 1.22. The first-order valence-corrected chi connectivity index (χ1v) is 8.62. The number of rotatable bonds is 7. The van der Waals surface area contributed by atoms with Crippen molar-refractivity contribution in [2.75, 3.05) is 19.4 Å². The van der Waals surface area contributed by atoms with E-state index in [-0.39, 0.29) is 4.90 Å². The molecule has 0 aliphatic rings. The number of nitrogens with one attached hydrogen (secondary N) is 1. The molecule has 0 aliphatic heterocycles. The Morgan fingerprint density at radius 3 is 2.52 bits per heavy atom. The normalized spacial score (nSPS) is 11.3. The monoisotopic (exact) mass is 305 g/mol. The van der Waals surface area contributed by atoms with Crippen molar-refractivity contribution in [1.82, 2.24) is 5.32 Å². The SMILES string of the molecule is CS(=O)(=O)c1cccc(OCCNCc2ccccc2)c1. The van der Waals surface area contributed by atoms with Crippen LogP contribution in [0.3, 0.4) is 0 Å². The minimum atomic E-state index is -3.19. The maximum Gasteiger partial charge on any atom is 0.175 e. The van der Waals surface area contributed by atoms with E-state index in [1.165, 1.54) is 11.8 Å². The molecular weight excluding hydrogens is 286 g/mol. The summed E-state index contributed by atoms with van der Waals surface area (Å²) < 4.78 is 28.5. The topological polar surface area (TPSA) is 55.4 Å². The molecule has 5 heteroatoms. The van der Waals surface area contributed by atoms with E-state index in [2.05, 4.69) is 17.4 Å². The Balaban J connectivity index is 1.76. The zero-order chi connectivity index (χ0) is 15.1. The predicted octanol–water partition coefficient (Wildman–Crippen LogP) is 2.26. The van der Waals surface area contributed by atoms with Crippen LogP contribution < -0.4 is 10.1 Å². The molecule has 0 amide bonds. The summed E-state index contributed by atoms with van der Waals surface area (Å²) in [6, 6.07) is 16.7. The highest BCUT2D eigenvalue weighted by Crippen LogP contribution is 2.17. The highest BCUT2D eigenvalue weighted by Gasteiger charge is 2.07. The molecule has 0 aromatic heterocycles. The second-order valence-electron chi connectivity index (χ2n) is 4.76. The first-order chi connectivity index (χ1) is 10.1. The van der Waals surface area contributed by atoms with E-state index in [1.54, 1.807) is 24.3 Å². The Hall–Kier alpha value is -1.85. The molecule has 2 aromatic carbocycles. The van der Waals surface area contributed by atoms with Crippen molar-refractivity contribution in [1.29, 1.82) is 0 Å². The van der Waals surface area contributed by atoms with Crippen LogP contribution in [0.4, 0.5) is 0 Å². The maximum absolute atomic E-state index is 11.5. The van der Waals surface area contributed by atoms with Gasteiger partial charge in [-0.2, -0.15) is 0 Å². The van der Waals surface area contributed by atoms with E-state index in [0.29, 0.717) is 18.9 Å². The van der Waals surface area contributed by atoms with Gasteiger partial charge in [-0.1, -0.05) is 36.4 Å². The Morgan fingerprint density at radius 2 is 1.81 bits per heavy atom. The van der Waals surface area contributed by atoms with Gasteiger partial charge in [0, 0.05) is 19.3 Å². The van der Waals surface area contributed by atoms with Crippen LogP contribution in [0.25, 0.3) is 0 Å². The van der Waals surface area contributed by atoms with Crippen LogP contribution in [0.2, 0.25) is 0 Å². The number of hydrogen-bond acceptors (Lipinski definition) is 4. The molecule has 0 atom stereocenters. The van der Waals surface area contributed by atoms with Crippen molar-refractivity contribution in [2.24, 2.45) is 0 Å². The quantitative estimate of drug-likeness (QED) is 0.797. The minimum absolute atomic E-state index is 0.275. The minimum Gasteiger partial charge on any atom is -0.492 e. The summed E-state index contributed by atoms with van der Waals surface area (Å²) in [4.78, 5) is 0.275. The van der Waals surface area contributed by atoms with Crippen molar-refractivity contribution < 1.29 is 13.2 Å². The van der Waals surface area contributed by atoms with Crippen LogP contribution in [0.15, 0.2) is 59.5 Å². The average Bonchev–Trinajstić information content (AvgIpc) is 2.47. The van der Waals surface area contributed by atoms with Crippen molar-refractivity contribution >= 4 is 9.84 Å². The predicted molar refractivity (Wildman–Crippen MR) is 83.2 cm³/mol. The molecule has 2 rings (SSSR count). The lowest BCUT2D eigenvalue weighted by atomic mass is 10.2. The molecular formula is C16H19NO3S. The second-order valence-corrected chi connectivity index (χ2v) is 6.77. The second kappa shape index (κ2) is 7.24. The van der Waals surface area contributed by atoms with Gasteiger partial charge in [0.15, 0.2) is 9.84 Å². The molecule has 0 fully saturated rings. The fourth-order valence-electron chi connectivity index (χ4n) is 1.86. The zero-order valence-corrected chi connectivity index (χ0v) is 12.8. The summed E-state index contributed by atoms with van der Waals surface area (Å²) in [5, 5.41) is 3.27. The molecule has 0 unspecified atom stereocenters. The van der Waals surface area contributed by atoms with Crippen molar-refractivity contribution in [3.8, 4) is 5.75 Å². The number of benzene rings is 2. The third-order valence-electron chi connectivity index (χ3n) is 2.95. The highest BCUT2D eigenvalue weighted by molar-refractivity contribution is 7.90. The first kappa shape index (κ1) is 15.5. The average molecular weight is 305 g/mol. The molecule has 0 radical (unpaired) electrons. The Bertz CT molecular complexity index is 669. The molecule has 2 aromatic rings. The van der Waals surface area contributed by atoms with Gasteiger partial charge in [0.05, 0.1) is 4.90 Å². The third-order valence-corrected chi connectivity index (χ3v) is 4.06. The van der Waals surface area contributed by atoms with Gasteiger partial charge in [-0.25, -0.2) is 8.42 Å². The number of sulfone groups is 1. The highest BCUT2D eigenvalue weighted by atomic mass is 32.2. The van der Waals surface area contributed by atoms with Crippen molar-refractivity contribution in [3.05, 3.63) is 60.2 Å². The molecule has 21 heavy (non-hydrogen) atoms. The molecule has 0 aliphatic carbocycles. The smallest absolute Gasteiger partial charge is 0.175 e. The van der Waals surface area contributed by atoms with Crippen LogP contribution in [-0.4, -0.2) is 27.8 Å². The van der Waals surface area contributed by atoms with Crippen LogP contribution in [0, 0.1) is 0 Å². The third kappa shape index (κ3) is 5.21. The van der Waals surface area contributed by atoms with Crippen LogP contribution >= 0.6 is 0 Å². The summed E-state index contributed by atoms with van der Waals surface area (Å²) in [7, 11) is -3.19. The van der Waals surface area contributed by atoms with Gasteiger partial charge >= 0.3 is 0 Å². The zero-order valence-electron chi connectivity index (χ0n) is 12.0. The fraction of sp³-hybridized carbons (Fsp3) is 0.250. The molecule has 0 saturated carbocycles. The summed E-state index contributed by atoms with van der Waals surface area (Å²) in [6.07, 6.45) is 1.19. The molecule has 112 valence electrons. The lowest BCUT2D eigenvalue weighted by Crippen LogP contribution is -2.20. The number of ether oxygens (including phenoxy) is 1. The first-order valence-electron chi connectivity index (χ1n) is 6.73.